The van der Waals surface area contributed by atoms with Crippen molar-refractivity contribution in [1.29, 1.82) is 0 Å². The van der Waals surface area contributed by atoms with E-state index < -0.39 is 18.4 Å². The van der Waals surface area contributed by atoms with Gasteiger partial charge in [-0.3, -0.25) is 0 Å². The predicted molar refractivity (Wildman–Crippen MR) is 102 cm³/mol. The fourth-order valence-electron chi connectivity index (χ4n) is 3.00. The Morgan fingerprint density at radius 3 is 1.67 bits per heavy atom. The van der Waals surface area contributed by atoms with Crippen molar-refractivity contribution in [1.82, 2.24) is 0 Å². The summed E-state index contributed by atoms with van der Waals surface area (Å²) < 4.78 is 6.40. The molecular weight excluding hydrogens is 379 g/mol. The molecule has 0 aliphatic carbocycles. The molecule has 0 saturated heterocycles. The summed E-state index contributed by atoms with van der Waals surface area (Å²) in [5.74, 6) is 0. The van der Waals surface area contributed by atoms with Gasteiger partial charge in [0.2, 0.25) is 0 Å². The molecule has 120 valence electrons. The Balaban J connectivity index is 2.69. The molecular formula is C19H34SSn. The summed E-state index contributed by atoms with van der Waals surface area (Å²) in [6, 6.07) is 11.1. The maximum atomic E-state index is 2.36. The third-order valence-electron chi connectivity index (χ3n) is 4.47. The van der Waals surface area contributed by atoms with Crippen molar-refractivity contribution in [2.45, 2.75) is 77.5 Å². The number of hydrogen-bond acceptors (Lipinski definition) is 1. The first-order chi connectivity index (χ1) is 10.3. The molecule has 0 aliphatic heterocycles. The fraction of sp³-hybridized carbons (Fsp3) is 0.684. The van der Waals surface area contributed by atoms with Crippen LogP contribution >= 0.6 is 11.8 Å². The first-order valence-electron chi connectivity index (χ1n) is 8.94. The Morgan fingerprint density at radius 2 is 1.24 bits per heavy atom. The van der Waals surface area contributed by atoms with Crippen LogP contribution in [0.1, 0.15) is 59.3 Å². The van der Waals surface area contributed by atoms with Gasteiger partial charge < -0.3 is 0 Å². The normalized spacial score (nSPS) is 11.8. The topological polar surface area (TPSA) is 0 Å². The van der Waals surface area contributed by atoms with E-state index in [1.807, 2.05) is 0 Å². The minimum absolute atomic E-state index is 1.38. The molecule has 1 aromatic carbocycles. The van der Waals surface area contributed by atoms with Gasteiger partial charge in [-0.2, -0.15) is 0 Å². The summed E-state index contributed by atoms with van der Waals surface area (Å²) >= 11 is 0.249. The molecule has 0 unspecified atom stereocenters. The van der Waals surface area contributed by atoms with Crippen molar-refractivity contribution >= 4 is 30.1 Å². The number of hydrogen-bond donors (Lipinski definition) is 0. The molecule has 0 aliphatic rings. The van der Waals surface area contributed by atoms with E-state index in [-0.39, 0.29) is 0 Å². The molecule has 0 aromatic heterocycles. The zero-order valence-corrected chi connectivity index (χ0v) is 18.0. The van der Waals surface area contributed by atoms with Gasteiger partial charge >= 0.3 is 142 Å². The van der Waals surface area contributed by atoms with E-state index in [4.69, 9.17) is 0 Å². The van der Waals surface area contributed by atoms with Crippen LogP contribution in [0.2, 0.25) is 13.3 Å². The summed E-state index contributed by atoms with van der Waals surface area (Å²) in [5.41, 5.74) is 0. The predicted octanol–water partition coefficient (Wildman–Crippen LogP) is 7.17. The molecule has 0 radical (unpaired) electrons. The molecule has 1 aromatic rings. The van der Waals surface area contributed by atoms with Crippen LogP contribution < -0.4 is 0 Å². The van der Waals surface area contributed by atoms with Crippen LogP contribution in [-0.4, -0.2) is 22.1 Å². The van der Waals surface area contributed by atoms with Gasteiger partial charge in [0, 0.05) is 0 Å². The van der Waals surface area contributed by atoms with E-state index >= 15 is 0 Å². The second-order valence-electron chi connectivity index (χ2n) is 6.41. The van der Waals surface area contributed by atoms with Crippen molar-refractivity contribution in [3.63, 3.8) is 0 Å². The van der Waals surface area contributed by atoms with Crippen LogP contribution in [0.5, 0.6) is 0 Å². The Hall–Kier alpha value is 0.369. The van der Waals surface area contributed by atoms with Crippen molar-refractivity contribution in [2.75, 3.05) is 3.77 Å². The Labute approximate surface area is 141 Å². The molecule has 0 fully saturated rings. The molecule has 0 atom stereocenters. The van der Waals surface area contributed by atoms with Gasteiger partial charge in [0.1, 0.15) is 0 Å². The summed E-state index contributed by atoms with van der Waals surface area (Å²) in [6.45, 7) is 7.09. The number of benzene rings is 1. The van der Waals surface area contributed by atoms with E-state index in [1.165, 1.54) is 47.2 Å². The second-order valence-corrected chi connectivity index (χ2v) is 22.8. The van der Waals surface area contributed by atoms with Crippen LogP contribution in [0.15, 0.2) is 35.2 Å². The van der Waals surface area contributed by atoms with Crippen LogP contribution in [0.4, 0.5) is 0 Å². The first kappa shape index (κ1) is 19.4. The zero-order chi connectivity index (χ0) is 15.4. The summed E-state index contributed by atoms with van der Waals surface area (Å²) in [4.78, 5) is 1.49. The molecule has 1 rings (SSSR count). The standard InChI is InChI=1S/C7H7S.3C4H9.Sn/c1-8-7-5-3-2-4-6-7;3*1-3-4-2;/h2-6H,1H2;3*1,3-4H2,2H3;. The van der Waals surface area contributed by atoms with Crippen molar-refractivity contribution < 1.29 is 0 Å². The molecule has 0 heterocycles. The second kappa shape index (κ2) is 11.9. The van der Waals surface area contributed by atoms with Crippen molar-refractivity contribution in [2.24, 2.45) is 0 Å². The van der Waals surface area contributed by atoms with Crippen LogP contribution in [0.25, 0.3) is 0 Å². The van der Waals surface area contributed by atoms with Gasteiger partial charge in [-0.25, -0.2) is 0 Å². The average Bonchev–Trinajstić information content (AvgIpc) is 2.54. The van der Waals surface area contributed by atoms with Crippen molar-refractivity contribution in [3.8, 4) is 0 Å². The zero-order valence-electron chi connectivity index (χ0n) is 14.4. The van der Waals surface area contributed by atoms with Crippen LogP contribution in [0, 0.1) is 0 Å². The van der Waals surface area contributed by atoms with Crippen LogP contribution in [-0.2, 0) is 0 Å². The Kier molecular flexibility index (Phi) is 11.0. The summed E-state index contributed by atoms with van der Waals surface area (Å²) in [7, 11) is 0. The van der Waals surface area contributed by atoms with E-state index in [0.29, 0.717) is 0 Å². The molecule has 0 bridgehead atoms. The van der Waals surface area contributed by atoms with Crippen molar-refractivity contribution in [3.05, 3.63) is 30.3 Å². The quantitative estimate of drug-likeness (QED) is 0.259. The third-order valence-corrected chi connectivity index (χ3v) is 24.4. The van der Waals surface area contributed by atoms with E-state index in [1.54, 1.807) is 13.3 Å². The van der Waals surface area contributed by atoms with Gasteiger partial charge in [0.15, 0.2) is 0 Å². The van der Waals surface area contributed by atoms with Gasteiger partial charge in [0.25, 0.3) is 0 Å². The SMILES string of the molecule is CCC[CH2][Sn]([CH2]CCC)([CH2]CCC)[CH2]Sc1ccccc1. The summed E-state index contributed by atoms with van der Waals surface area (Å²) in [5, 5.41) is 0. The maximum absolute atomic E-state index is 2.36. The molecule has 0 nitrogen and oxygen atoms in total. The molecule has 0 N–H and O–H groups in total. The van der Waals surface area contributed by atoms with E-state index in [2.05, 4.69) is 62.9 Å². The van der Waals surface area contributed by atoms with E-state index in [0.717, 1.165) is 0 Å². The number of rotatable bonds is 12. The molecule has 0 saturated carbocycles. The summed E-state index contributed by atoms with van der Waals surface area (Å²) in [6.07, 6.45) is 8.60. The molecule has 0 spiro atoms. The molecule has 0 amide bonds. The molecule has 2 heteroatoms. The Morgan fingerprint density at radius 1 is 0.762 bits per heavy atom. The van der Waals surface area contributed by atoms with Gasteiger partial charge in [-0.05, 0) is 0 Å². The monoisotopic (exact) mass is 414 g/mol. The third kappa shape index (κ3) is 7.97. The fourth-order valence-corrected chi connectivity index (χ4v) is 23.6. The van der Waals surface area contributed by atoms with Crippen LogP contribution in [0.3, 0.4) is 0 Å². The van der Waals surface area contributed by atoms with E-state index in [9.17, 15) is 0 Å². The minimum atomic E-state index is -1.92. The first-order valence-corrected chi connectivity index (χ1v) is 18.0. The number of thioether (sulfide) groups is 1. The Bertz CT molecular complexity index is 328. The number of unbranched alkanes of at least 4 members (excludes halogenated alkanes) is 3. The van der Waals surface area contributed by atoms with Gasteiger partial charge in [-0.1, -0.05) is 0 Å². The molecule has 21 heavy (non-hydrogen) atoms. The van der Waals surface area contributed by atoms with Gasteiger partial charge in [-0.15, -0.1) is 0 Å². The average molecular weight is 413 g/mol. The van der Waals surface area contributed by atoms with Gasteiger partial charge in [0.05, 0.1) is 0 Å².